The summed E-state index contributed by atoms with van der Waals surface area (Å²) in [5.41, 5.74) is 0.834. The maximum absolute atomic E-state index is 10.4. The zero-order valence-electron chi connectivity index (χ0n) is 12.1. The average Bonchev–Trinajstić information content (AvgIpc) is 2.50. The van der Waals surface area contributed by atoms with Crippen LogP contribution < -0.4 is 14.8 Å². The first-order valence-corrected chi connectivity index (χ1v) is 7.02. The Labute approximate surface area is 119 Å². The number of benzene rings is 1. The summed E-state index contributed by atoms with van der Waals surface area (Å²) in [6, 6.07) is 5.55. The SMILES string of the molecule is COCCCNC(C)C(O)c1ccc2c(c1)OCCO2. The third-order valence-electron chi connectivity index (χ3n) is 3.37. The highest BCUT2D eigenvalue weighted by atomic mass is 16.6. The maximum Gasteiger partial charge on any atom is 0.161 e. The van der Waals surface area contributed by atoms with Gasteiger partial charge in [0.2, 0.25) is 0 Å². The van der Waals surface area contributed by atoms with E-state index >= 15 is 0 Å². The molecular weight excluding hydrogens is 258 g/mol. The predicted molar refractivity (Wildman–Crippen MR) is 76.3 cm³/mol. The molecule has 0 radical (unpaired) electrons. The summed E-state index contributed by atoms with van der Waals surface area (Å²) in [4.78, 5) is 0. The number of fused-ring (bicyclic) bond motifs is 1. The van der Waals surface area contributed by atoms with E-state index in [-0.39, 0.29) is 6.04 Å². The smallest absolute Gasteiger partial charge is 0.161 e. The van der Waals surface area contributed by atoms with Gasteiger partial charge in [-0.05, 0) is 37.6 Å². The number of methoxy groups -OCH3 is 1. The van der Waals surface area contributed by atoms with E-state index < -0.39 is 6.10 Å². The Hall–Kier alpha value is -1.30. The lowest BCUT2D eigenvalue weighted by Gasteiger charge is -2.23. The molecule has 0 spiro atoms. The lowest BCUT2D eigenvalue weighted by molar-refractivity contribution is 0.130. The van der Waals surface area contributed by atoms with E-state index in [2.05, 4.69) is 5.32 Å². The third kappa shape index (κ3) is 3.85. The average molecular weight is 281 g/mol. The van der Waals surface area contributed by atoms with E-state index in [1.165, 1.54) is 0 Å². The Bertz CT molecular complexity index is 424. The molecule has 1 aromatic carbocycles. The molecule has 112 valence electrons. The molecule has 1 aromatic rings. The summed E-state index contributed by atoms with van der Waals surface area (Å²) < 4.78 is 16.0. The first-order chi connectivity index (χ1) is 9.72. The van der Waals surface area contributed by atoms with Gasteiger partial charge in [-0.1, -0.05) is 6.07 Å². The first-order valence-electron chi connectivity index (χ1n) is 7.02. The number of hydrogen-bond donors (Lipinski definition) is 2. The van der Waals surface area contributed by atoms with Gasteiger partial charge in [-0.3, -0.25) is 0 Å². The minimum Gasteiger partial charge on any atom is -0.486 e. The summed E-state index contributed by atoms with van der Waals surface area (Å²) in [7, 11) is 1.69. The van der Waals surface area contributed by atoms with Crippen molar-refractivity contribution in [2.75, 3.05) is 33.5 Å². The molecule has 0 saturated carbocycles. The lowest BCUT2D eigenvalue weighted by Crippen LogP contribution is -2.33. The summed E-state index contributed by atoms with van der Waals surface area (Å²) >= 11 is 0. The molecule has 0 saturated heterocycles. The van der Waals surface area contributed by atoms with Crippen LogP contribution in [-0.2, 0) is 4.74 Å². The van der Waals surface area contributed by atoms with Gasteiger partial charge in [0.25, 0.3) is 0 Å². The van der Waals surface area contributed by atoms with Crippen LogP contribution in [-0.4, -0.2) is 44.6 Å². The molecule has 2 N–H and O–H groups in total. The van der Waals surface area contributed by atoms with E-state index in [9.17, 15) is 5.11 Å². The fourth-order valence-corrected chi connectivity index (χ4v) is 2.19. The van der Waals surface area contributed by atoms with Gasteiger partial charge in [0.15, 0.2) is 11.5 Å². The number of aliphatic hydroxyl groups excluding tert-OH is 1. The Morgan fingerprint density at radius 2 is 2.05 bits per heavy atom. The van der Waals surface area contributed by atoms with E-state index in [4.69, 9.17) is 14.2 Å². The number of aliphatic hydroxyl groups is 1. The quantitative estimate of drug-likeness (QED) is 0.742. The zero-order chi connectivity index (χ0) is 14.4. The molecule has 0 aliphatic carbocycles. The summed E-state index contributed by atoms with van der Waals surface area (Å²) in [5.74, 6) is 1.45. The lowest BCUT2D eigenvalue weighted by atomic mass is 10.0. The van der Waals surface area contributed by atoms with Gasteiger partial charge >= 0.3 is 0 Å². The van der Waals surface area contributed by atoms with Gasteiger partial charge in [-0.15, -0.1) is 0 Å². The molecule has 2 rings (SSSR count). The van der Waals surface area contributed by atoms with Crippen molar-refractivity contribution in [3.63, 3.8) is 0 Å². The van der Waals surface area contributed by atoms with Crippen LogP contribution in [0.2, 0.25) is 0 Å². The third-order valence-corrected chi connectivity index (χ3v) is 3.37. The first kappa shape index (κ1) is 15.1. The number of rotatable bonds is 7. The maximum atomic E-state index is 10.4. The molecule has 5 nitrogen and oxygen atoms in total. The highest BCUT2D eigenvalue weighted by molar-refractivity contribution is 5.44. The molecule has 1 aliphatic rings. The van der Waals surface area contributed by atoms with Crippen LogP contribution in [0.15, 0.2) is 18.2 Å². The Morgan fingerprint density at radius 3 is 2.80 bits per heavy atom. The van der Waals surface area contributed by atoms with E-state index in [1.54, 1.807) is 7.11 Å². The minimum atomic E-state index is -0.576. The van der Waals surface area contributed by atoms with Crippen molar-refractivity contribution in [2.24, 2.45) is 0 Å². The van der Waals surface area contributed by atoms with Crippen molar-refractivity contribution in [1.29, 1.82) is 0 Å². The molecular formula is C15H23NO4. The molecule has 2 unspecified atom stereocenters. The van der Waals surface area contributed by atoms with Crippen LogP contribution in [0.25, 0.3) is 0 Å². The normalized spacial score (nSPS) is 16.8. The van der Waals surface area contributed by atoms with Crippen LogP contribution in [0, 0.1) is 0 Å². The van der Waals surface area contributed by atoms with Crippen molar-refractivity contribution in [1.82, 2.24) is 5.32 Å². The minimum absolute atomic E-state index is 0.0329. The number of hydrogen-bond acceptors (Lipinski definition) is 5. The zero-order valence-corrected chi connectivity index (χ0v) is 12.1. The molecule has 0 bridgehead atoms. The monoisotopic (exact) mass is 281 g/mol. The van der Waals surface area contributed by atoms with Crippen LogP contribution in [0.4, 0.5) is 0 Å². The van der Waals surface area contributed by atoms with Gasteiger partial charge in [0, 0.05) is 19.8 Å². The summed E-state index contributed by atoms with van der Waals surface area (Å²) in [6.45, 7) is 4.63. The number of nitrogens with one attached hydrogen (secondary N) is 1. The summed E-state index contributed by atoms with van der Waals surface area (Å²) in [6.07, 6.45) is 0.350. The molecule has 20 heavy (non-hydrogen) atoms. The van der Waals surface area contributed by atoms with Crippen LogP contribution in [0.5, 0.6) is 11.5 Å². The van der Waals surface area contributed by atoms with Crippen molar-refractivity contribution >= 4 is 0 Å². The van der Waals surface area contributed by atoms with Crippen LogP contribution in [0.3, 0.4) is 0 Å². The fraction of sp³-hybridized carbons (Fsp3) is 0.600. The molecule has 1 aliphatic heterocycles. The van der Waals surface area contributed by atoms with Gasteiger partial charge in [-0.25, -0.2) is 0 Å². The topological polar surface area (TPSA) is 60.0 Å². The van der Waals surface area contributed by atoms with Crippen molar-refractivity contribution in [2.45, 2.75) is 25.5 Å². The Morgan fingerprint density at radius 1 is 1.30 bits per heavy atom. The molecule has 0 fully saturated rings. The van der Waals surface area contributed by atoms with Crippen LogP contribution >= 0.6 is 0 Å². The van der Waals surface area contributed by atoms with E-state index in [1.807, 2.05) is 25.1 Å². The largest absolute Gasteiger partial charge is 0.486 e. The highest BCUT2D eigenvalue weighted by Crippen LogP contribution is 2.33. The van der Waals surface area contributed by atoms with Gasteiger partial charge in [-0.2, -0.15) is 0 Å². The van der Waals surface area contributed by atoms with Crippen molar-refractivity contribution in [3.05, 3.63) is 23.8 Å². The molecule has 5 heteroatoms. The Balaban J connectivity index is 1.92. The highest BCUT2D eigenvalue weighted by Gasteiger charge is 2.19. The van der Waals surface area contributed by atoms with E-state index in [0.29, 0.717) is 19.0 Å². The second kappa shape index (κ2) is 7.47. The molecule has 0 amide bonds. The van der Waals surface area contributed by atoms with Crippen molar-refractivity contribution < 1.29 is 19.3 Å². The fourth-order valence-electron chi connectivity index (χ4n) is 2.19. The summed E-state index contributed by atoms with van der Waals surface area (Å²) in [5, 5.41) is 13.7. The second-order valence-electron chi connectivity index (χ2n) is 4.94. The van der Waals surface area contributed by atoms with Crippen molar-refractivity contribution in [3.8, 4) is 11.5 Å². The van der Waals surface area contributed by atoms with Gasteiger partial charge in [0.05, 0.1) is 6.10 Å². The standard InChI is InChI=1S/C15H23NO4/c1-11(16-6-3-7-18-2)15(17)12-4-5-13-14(10-12)20-9-8-19-13/h4-5,10-11,15-17H,3,6-9H2,1-2H3. The molecule has 0 aromatic heterocycles. The van der Waals surface area contributed by atoms with E-state index in [0.717, 1.165) is 30.9 Å². The van der Waals surface area contributed by atoms with Gasteiger partial charge in [0.1, 0.15) is 13.2 Å². The van der Waals surface area contributed by atoms with Crippen LogP contribution in [0.1, 0.15) is 25.0 Å². The number of ether oxygens (including phenoxy) is 3. The molecule has 2 atom stereocenters. The van der Waals surface area contributed by atoms with Gasteiger partial charge < -0.3 is 24.6 Å². The Kier molecular flexibility index (Phi) is 5.64. The molecule has 1 heterocycles. The second-order valence-corrected chi connectivity index (χ2v) is 4.94. The predicted octanol–water partition coefficient (Wildman–Crippen LogP) is 1.51.